The number of carbonyl (C=O) groups excluding carboxylic acids is 2. The molecule has 9 nitrogen and oxygen atoms in total. The lowest BCUT2D eigenvalue weighted by molar-refractivity contribution is -0.130. The van der Waals surface area contributed by atoms with Crippen molar-refractivity contribution in [2.75, 3.05) is 39.4 Å². The second-order valence-corrected chi connectivity index (χ2v) is 9.53. The lowest BCUT2D eigenvalue weighted by atomic mass is 10.2. The van der Waals surface area contributed by atoms with Crippen LogP contribution in [-0.4, -0.2) is 69.0 Å². The highest BCUT2D eigenvalue weighted by atomic mass is 32.2. The van der Waals surface area contributed by atoms with Gasteiger partial charge in [0.05, 0.1) is 24.7 Å². The molecule has 2 aromatic carbocycles. The van der Waals surface area contributed by atoms with E-state index in [1.165, 1.54) is 16.4 Å². The number of carbonyl (C=O) groups is 2. The topological polar surface area (TPSA) is 108 Å². The molecule has 0 atom stereocenters. The maximum absolute atomic E-state index is 12.7. The van der Waals surface area contributed by atoms with Crippen molar-refractivity contribution in [2.24, 2.45) is 0 Å². The predicted octanol–water partition coefficient (Wildman–Crippen LogP) is 1.56. The minimum atomic E-state index is -3.55. The summed E-state index contributed by atoms with van der Waals surface area (Å²) in [5.41, 5.74) is 1.77. The summed E-state index contributed by atoms with van der Waals surface area (Å²) in [6.45, 7) is 4.47. The Kier molecular flexibility index (Phi) is 8.81. The second kappa shape index (κ2) is 11.8. The number of ether oxygens (including phenoxy) is 1. The number of amides is 3. The van der Waals surface area contributed by atoms with Gasteiger partial charge in [0.1, 0.15) is 0 Å². The fraction of sp³-hybridized carbons (Fsp3) is 0.391. The van der Waals surface area contributed by atoms with E-state index < -0.39 is 16.1 Å². The molecule has 3 rings (SSSR count). The van der Waals surface area contributed by atoms with Crippen molar-refractivity contribution < 1.29 is 22.7 Å². The summed E-state index contributed by atoms with van der Waals surface area (Å²) in [7, 11) is -3.55. The maximum Gasteiger partial charge on any atom is 0.315 e. The van der Waals surface area contributed by atoms with Crippen molar-refractivity contribution >= 4 is 22.0 Å². The second-order valence-electron chi connectivity index (χ2n) is 7.59. The van der Waals surface area contributed by atoms with Gasteiger partial charge in [0.2, 0.25) is 15.9 Å². The van der Waals surface area contributed by atoms with Gasteiger partial charge in [0.25, 0.3) is 0 Å². The fourth-order valence-corrected chi connectivity index (χ4v) is 4.82. The highest BCUT2D eigenvalue weighted by Crippen LogP contribution is 2.17. The third-order valence-electron chi connectivity index (χ3n) is 5.34. The lowest BCUT2D eigenvalue weighted by Gasteiger charge is -2.26. The van der Waals surface area contributed by atoms with E-state index in [1.807, 2.05) is 37.3 Å². The first-order valence-corrected chi connectivity index (χ1v) is 12.3. The van der Waals surface area contributed by atoms with E-state index in [-0.39, 0.29) is 23.9 Å². The van der Waals surface area contributed by atoms with E-state index in [9.17, 15) is 18.0 Å². The quantitative estimate of drug-likeness (QED) is 0.573. The first-order chi connectivity index (χ1) is 15.9. The molecule has 1 heterocycles. The minimum absolute atomic E-state index is 0.108. The number of likely N-dealkylation sites (N-methyl/N-ethyl adjacent to an activating group) is 1. The average molecular weight is 475 g/mol. The summed E-state index contributed by atoms with van der Waals surface area (Å²) in [5.74, 6) is -0.172. The van der Waals surface area contributed by atoms with Crippen molar-refractivity contribution in [1.29, 1.82) is 0 Å². The number of hydrogen-bond donors (Lipinski definition) is 2. The van der Waals surface area contributed by atoms with Gasteiger partial charge in [-0.3, -0.25) is 4.79 Å². The van der Waals surface area contributed by atoms with Crippen LogP contribution in [0.15, 0.2) is 59.5 Å². The number of sulfonamides is 1. The number of morpholine rings is 1. The molecule has 0 aliphatic carbocycles. The molecule has 0 unspecified atom stereocenters. The largest absolute Gasteiger partial charge is 0.379 e. The monoisotopic (exact) mass is 474 g/mol. The van der Waals surface area contributed by atoms with Crippen LogP contribution in [-0.2, 0) is 32.6 Å². The van der Waals surface area contributed by atoms with Gasteiger partial charge in [0.15, 0.2) is 0 Å². The molecule has 178 valence electrons. The van der Waals surface area contributed by atoms with Gasteiger partial charge in [-0.1, -0.05) is 42.5 Å². The van der Waals surface area contributed by atoms with E-state index in [0.29, 0.717) is 39.4 Å². The SMILES string of the molecule is CCN(Cc1ccccc1)C(=O)CNC(=O)NCc1ccc(S(=O)(=O)N2CCOCC2)cc1. The van der Waals surface area contributed by atoms with E-state index in [4.69, 9.17) is 4.74 Å². The summed E-state index contributed by atoms with van der Waals surface area (Å²) < 4.78 is 31.9. The zero-order valence-electron chi connectivity index (χ0n) is 18.7. The van der Waals surface area contributed by atoms with Crippen molar-refractivity contribution in [1.82, 2.24) is 19.8 Å². The number of nitrogens with one attached hydrogen (secondary N) is 2. The van der Waals surface area contributed by atoms with Gasteiger partial charge in [-0.25, -0.2) is 13.2 Å². The van der Waals surface area contributed by atoms with Crippen molar-refractivity contribution in [3.05, 3.63) is 65.7 Å². The van der Waals surface area contributed by atoms with Gasteiger partial charge in [0, 0.05) is 32.7 Å². The molecule has 1 aliphatic heterocycles. The molecule has 0 spiro atoms. The van der Waals surface area contributed by atoms with Crippen molar-refractivity contribution in [2.45, 2.75) is 24.9 Å². The highest BCUT2D eigenvalue weighted by Gasteiger charge is 2.26. The van der Waals surface area contributed by atoms with Crippen LogP contribution in [0.4, 0.5) is 4.79 Å². The zero-order chi connectivity index (χ0) is 23.7. The standard InChI is InChI=1S/C23H30N4O5S/c1-2-26(18-20-6-4-3-5-7-20)22(28)17-25-23(29)24-16-19-8-10-21(11-9-19)33(30,31)27-12-14-32-15-13-27/h3-11H,2,12-18H2,1H3,(H2,24,25,29). The van der Waals surface area contributed by atoms with E-state index in [2.05, 4.69) is 10.6 Å². The number of hydrogen-bond acceptors (Lipinski definition) is 5. The summed E-state index contributed by atoms with van der Waals surface area (Å²) in [6, 6.07) is 15.6. The van der Waals surface area contributed by atoms with E-state index in [1.54, 1.807) is 17.0 Å². The van der Waals surface area contributed by atoms with Gasteiger partial charge >= 0.3 is 6.03 Å². The summed E-state index contributed by atoms with van der Waals surface area (Å²) in [6.07, 6.45) is 0. The van der Waals surface area contributed by atoms with Crippen LogP contribution in [0.3, 0.4) is 0 Å². The Hall–Kier alpha value is -2.95. The third-order valence-corrected chi connectivity index (χ3v) is 7.25. The van der Waals surface area contributed by atoms with Gasteiger partial charge in [-0.05, 0) is 30.2 Å². The molecule has 2 aromatic rings. The molecule has 1 saturated heterocycles. The van der Waals surface area contributed by atoms with Crippen LogP contribution in [0.1, 0.15) is 18.1 Å². The Morgan fingerprint density at radius 3 is 2.27 bits per heavy atom. The summed E-state index contributed by atoms with van der Waals surface area (Å²) >= 11 is 0. The number of urea groups is 1. The van der Waals surface area contributed by atoms with Crippen LogP contribution in [0.25, 0.3) is 0 Å². The van der Waals surface area contributed by atoms with Crippen LogP contribution < -0.4 is 10.6 Å². The van der Waals surface area contributed by atoms with Crippen LogP contribution in [0.5, 0.6) is 0 Å². The number of benzene rings is 2. The molecule has 33 heavy (non-hydrogen) atoms. The molecule has 1 aliphatic rings. The number of nitrogens with zero attached hydrogens (tertiary/aromatic N) is 2. The Balaban J connectivity index is 1.45. The normalized spacial score (nSPS) is 14.5. The Bertz CT molecular complexity index is 1020. The lowest BCUT2D eigenvalue weighted by Crippen LogP contribution is -2.43. The first-order valence-electron chi connectivity index (χ1n) is 10.9. The maximum atomic E-state index is 12.7. The minimum Gasteiger partial charge on any atom is -0.379 e. The molecule has 10 heteroatoms. The third kappa shape index (κ3) is 7.01. The Labute approximate surface area is 194 Å². The predicted molar refractivity (Wildman–Crippen MR) is 124 cm³/mol. The molecule has 0 radical (unpaired) electrons. The Morgan fingerprint density at radius 2 is 1.64 bits per heavy atom. The molecule has 1 fully saturated rings. The van der Waals surface area contributed by atoms with Crippen molar-refractivity contribution in [3.8, 4) is 0 Å². The van der Waals surface area contributed by atoms with Gasteiger partial charge < -0.3 is 20.3 Å². The smallest absolute Gasteiger partial charge is 0.315 e. The van der Waals surface area contributed by atoms with Crippen molar-refractivity contribution in [3.63, 3.8) is 0 Å². The zero-order valence-corrected chi connectivity index (χ0v) is 19.5. The average Bonchev–Trinajstić information content (AvgIpc) is 2.86. The van der Waals surface area contributed by atoms with Gasteiger partial charge in [-0.2, -0.15) is 4.31 Å². The van der Waals surface area contributed by atoms with E-state index in [0.717, 1.165) is 11.1 Å². The number of rotatable bonds is 9. The molecular weight excluding hydrogens is 444 g/mol. The van der Waals surface area contributed by atoms with Crippen LogP contribution in [0.2, 0.25) is 0 Å². The molecular formula is C23H30N4O5S. The molecule has 2 N–H and O–H groups in total. The molecule has 0 saturated carbocycles. The van der Waals surface area contributed by atoms with E-state index >= 15 is 0 Å². The Morgan fingerprint density at radius 1 is 0.970 bits per heavy atom. The summed E-state index contributed by atoms with van der Waals surface area (Å²) in [5, 5.41) is 5.26. The fourth-order valence-electron chi connectivity index (χ4n) is 3.41. The molecule has 0 aromatic heterocycles. The molecule has 3 amide bonds. The molecule has 0 bridgehead atoms. The van der Waals surface area contributed by atoms with Crippen LogP contribution in [0, 0.1) is 0 Å². The highest BCUT2D eigenvalue weighted by molar-refractivity contribution is 7.89. The first kappa shape index (κ1) is 24.7. The van der Waals surface area contributed by atoms with Gasteiger partial charge in [-0.15, -0.1) is 0 Å². The van der Waals surface area contributed by atoms with Crippen LogP contribution >= 0.6 is 0 Å². The summed E-state index contributed by atoms with van der Waals surface area (Å²) in [4.78, 5) is 26.4.